The lowest BCUT2D eigenvalue weighted by molar-refractivity contribution is 0.285. The highest BCUT2D eigenvalue weighted by atomic mass is 32.2. The van der Waals surface area contributed by atoms with E-state index >= 15 is 0 Å². The molecular weight excluding hydrogens is 192 g/mol. The first-order chi connectivity index (χ1) is 6.72. The number of unbranched alkanes of at least 4 members (excludes halogenated alkanes) is 1. The van der Waals surface area contributed by atoms with Crippen molar-refractivity contribution in [2.45, 2.75) is 38.8 Å². The van der Waals surface area contributed by atoms with Crippen molar-refractivity contribution < 1.29 is 0 Å². The molecule has 3 heteroatoms. The molecule has 0 amide bonds. The van der Waals surface area contributed by atoms with E-state index in [2.05, 4.69) is 31.1 Å². The summed E-state index contributed by atoms with van der Waals surface area (Å²) in [5.74, 6) is 2.62. The van der Waals surface area contributed by atoms with E-state index in [1.165, 1.54) is 37.4 Å². The predicted octanol–water partition coefficient (Wildman–Crippen LogP) is 1.81. The largest absolute Gasteiger partial charge is 0.309 e. The fourth-order valence-electron chi connectivity index (χ4n) is 1.77. The Hall–Kier alpha value is 0.270. The second-order valence-electron chi connectivity index (χ2n) is 4.42. The summed E-state index contributed by atoms with van der Waals surface area (Å²) in [5.41, 5.74) is 0. The van der Waals surface area contributed by atoms with Crippen LogP contribution in [0.5, 0.6) is 0 Å². The molecule has 1 heterocycles. The molecule has 0 aliphatic carbocycles. The van der Waals surface area contributed by atoms with Crippen molar-refractivity contribution in [1.29, 1.82) is 0 Å². The number of thioether (sulfide) groups is 1. The van der Waals surface area contributed by atoms with Gasteiger partial charge in [-0.15, -0.1) is 0 Å². The lowest BCUT2D eigenvalue weighted by Gasteiger charge is -2.31. The van der Waals surface area contributed by atoms with Crippen LogP contribution in [-0.4, -0.2) is 48.6 Å². The predicted molar refractivity (Wildman–Crippen MR) is 66.1 cm³/mol. The molecule has 1 fully saturated rings. The number of hydrogen-bond donors (Lipinski definition) is 1. The van der Waals surface area contributed by atoms with Crippen LogP contribution in [-0.2, 0) is 0 Å². The summed E-state index contributed by atoms with van der Waals surface area (Å²) in [7, 11) is 2.23. The first kappa shape index (κ1) is 12.3. The van der Waals surface area contributed by atoms with Crippen molar-refractivity contribution in [3.8, 4) is 0 Å². The highest BCUT2D eigenvalue weighted by Gasteiger charge is 2.19. The lowest BCUT2D eigenvalue weighted by atomic mass is 10.2. The summed E-state index contributed by atoms with van der Waals surface area (Å²) in [6.07, 6.45) is 2.62. The molecule has 84 valence electrons. The van der Waals surface area contributed by atoms with Crippen molar-refractivity contribution in [3.05, 3.63) is 0 Å². The van der Waals surface area contributed by atoms with Crippen molar-refractivity contribution in [2.75, 3.05) is 31.6 Å². The zero-order valence-corrected chi connectivity index (χ0v) is 10.6. The SMILES string of the molecule is CCCCN(C)C[C@@H](C)NC1CSC1. The minimum atomic E-state index is 0.641. The highest BCUT2D eigenvalue weighted by molar-refractivity contribution is 8.00. The third kappa shape index (κ3) is 4.67. The molecule has 1 N–H and O–H groups in total. The summed E-state index contributed by atoms with van der Waals surface area (Å²) in [4.78, 5) is 2.44. The van der Waals surface area contributed by atoms with E-state index in [1.807, 2.05) is 11.8 Å². The zero-order valence-electron chi connectivity index (χ0n) is 9.75. The van der Waals surface area contributed by atoms with Gasteiger partial charge in [-0.1, -0.05) is 13.3 Å². The molecule has 0 aromatic rings. The Morgan fingerprint density at radius 2 is 2.21 bits per heavy atom. The summed E-state index contributed by atoms with van der Waals surface area (Å²) in [6.45, 7) is 6.97. The lowest BCUT2D eigenvalue weighted by Crippen LogP contribution is -2.48. The fraction of sp³-hybridized carbons (Fsp3) is 1.00. The second kappa shape index (κ2) is 6.70. The van der Waals surface area contributed by atoms with Gasteiger partial charge in [-0.25, -0.2) is 0 Å². The summed E-state index contributed by atoms with van der Waals surface area (Å²) in [5, 5.41) is 3.66. The minimum absolute atomic E-state index is 0.641. The van der Waals surface area contributed by atoms with Crippen LogP contribution in [0.25, 0.3) is 0 Å². The summed E-state index contributed by atoms with van der Waals surface area (Å²) < 4.78 is 0. The molecule has 0 aromatic heterocycles. The highest BCUT2D eigenvalue weighted by Crippen LogP contribution is 2.17. The van der Waals surface area contributed by atoms with Gasteiger partial charge in [0.25, 0.3) is 0 Å². The Kier molecular flexibility index (Phi) is 5.90. The molecule has 0 aromatic carbocycles. The molecule has 1 aliphatic heterocycles. The molecule has 2 nitrogen and oxygen atoms in total. The maximum Gasteiger partial charge on any atom is 0.0251 e. The molecule has 0 unspecified atom stereocenters. The molecule has 14 heavy (non-hydrogen) atoms. The van der Waals surface area contributed by atoms with E-state index in [4.69, 9.17) is 0 Å². The second-order valence-corrected chi connectivity index (χ2v) is 5.49. The molecule has 1 atom stereocenters. The van der Waals surface area contributed by atoms with Gasteiger partial charge in [0.1, 0.15) is 0 Å². The Morgan fingerprint density at radius 3 is 2.71 bits per heavy atom. The van der Waals surface area contributed by atoms with E-state index in [9.17, 15) is 0 Å². The fourth-order valence-corrected chi connectivity index (χ4v) is 2.44. The first-order valence-electron chi connectivity index (χ1n) is 5.74. The topological polar surface area (TPSA) is 15.3 Å². The van der Waals surface area contributed by atoms with E-state index in [0.717, 1.165) is 6.04 Å². The van der Waals surface area contributed by atoms with Crippen LogP contribution in [0.2, 0.25) is 0 Å². The number of likely N-dealkylation sites (N-methyl/N-ethyl adjacent to an activating group) is 1. The van der Waals surface area contributed by atoms with E-state index < -0.39 is 0 Å². The minimum Gasteiger partial charge on any atom is -0.309 e. The average Bonchev–Trinajstić information content (AvgIpc) is 2.08. The Morgan fingerprint density at radius 1 is 1.50 bits per heavy atom. The monoisotopic (exact) mass is 216 g/mol. The van der Waals surface area contributed by atoms with Crippen molar-refractivity contribution in [1.82, 2.24) is 10.2 Å². The van der Waals surface area contributed by atoms with Crippen LogP contribution in [0, 0.1) is 0 Å². The van der Waals surface area contributed by atoms with Gasteiger partial charge in [0.05, 0.1) is 0 Å². The summed E-state index contributed by atoms with van der Waals surface area (Å²) >= 11 is 2.04. The third-order valence-electron chi connectivity index (χ3n) is 2.64. The van der Waals surface area contributed by atoms with Gasteiger partial charge in [-0.2, -0.15) is 11.8 Å². The number of rotatable bonds is 7. The van der Waals surface area contributed by atoms with E-state index in [0.29, 0.717) is 6.04 Å². The van der Waals surface area contributed by atoms with Gasteiger partial charge in [0.2, 0.25) is 0 Å². The third-order valence-corrected chi connectivity index (χ3v) is 3.91. The van der Waals surface area contributed by atoms with Gasteiger partial charge < -0.3 is 10.2 Å². The van der Waals surface area contributed by atoms with Gasteiger partial charge in [0.15, 0.2) is 0 Å². The molecule has 0 radical (unpaired) electrons. The molecule has 0 spiro atoms. The molecule has 1 aliphatic rings. The summed E-state index contributed by atoms with van der Waals surface area (Å²) in [6, 6.07) is 1.43. The van der Waals surface area contributed by atoms with Gasteiger partial charge in [0, 0.05) is 30.1 Å². The van der Waals surface area contributed by atoms with E-state index in [-0.39, 0.29) is 0 Å². The smallest absolute Gasteiger partial charge is 0.0251 e. The average molecular weight is 216 g/mol. The van der Waals surface area contributed by atoms with Crippen molar-refractivity contribution >= 4 is 11.8 Å². The zero-order chi connectivity index (χ0) is 10.4. The van der Waals surface area contributed by atoms with Crippen LogP contribution in [0.1, 0.15) is 26.7 Å². The van der Waals surface area contributed by atoms with Crippen LogP contribution in [0.15, 0.2) is 0 Å². The van der Waals surface area contributed by atoms with Gasteiger partial charge in [-0.05, 0) is 26.9 Å². The van der Waals surface area contributed by atoms with Gasteiger partial charge >= 0.3 is 0 Å². The standard InChI is InChI=1S/C11H24N2S/c1-4-5-6-13(3)7-10(2)12-11-8-14-9-11/h10-12H,4-9H2,1-3H3/t10-/m1/s1. The number of nitrogens with one attached hydrogen (secondary N) is 1. The molecule has 1 rings (SSSR count). The molecule has 0 bridgehead atoms. The molecular formula is C11H24N2S. The maximum atomic E-state index is 3.66. The molecule has 1 saturated heterocycles. The normalized spacial score (nSPS) is 19.7. The van der Waals surface area contributed by atoms with Crippen LogP contribution in [0.3, 0.4) is 0 Å². The van der Waals surface area contributed by atoms with Crippen molar-refractivity contribution in [3.63, 3.8) is 0 Å². The maximum absolute atomic E-state index is 3.66. The van der Waals surface area contributed by atoms with Crippen LogP contribution in [0.4, 0.5) is 0 Å². The van der Waals surface area contributed by atoms with Crippen LogP contribution < -0.4 is 5.32 Å². The van der Waals surface area contributed by atoms with E-state index in [1.54, 1.807) is 0 Å². The first-order valence-corrected chi connectivity index (χ1v) is 6.90. The molecule has 0 saturated carbocycles. The Balaban J connectivity index is 2.02. The Labute approximate surface area is 92.8 Å². The van der Waals surface area contributed by atoms with Crippen LogP contribution >= 0.6 is 11.8 Å². The van der Waals surface area contributed by atoms with Gasteiger partial charge in [-0.3, -0.25) is 0 Å². The Bertz CT molecular complexity index is 148. The van der Waals surface area contributed by atoms with Crippen molar-refractivity contribution in [2.24, 2.45) is 0 Å². The quantitative estimate of drug-likeness (QED) is 0.699. The number of hydrogen-bond acceptors (Lipinski definition) is 3. The number of nitrogens with zero attached hydrogens (tertiary/aromatic N) is 1.